The molecule has 1 saturated heterocycles. The summed E-state index contributed by atoms with van der Waals surface area (Å²) in [5.74, 6) is -0.927. The molecule has 1 aliphatic rings. The Morgan fingerprint density at radius 3 is 2.47 bits per heavy atom. The van der Waals surface area contributed by atoms with Crippen LogP contribution in [0.15, 0.2) is 18.2 Å². The van der Waals surface area contributed by atoms with Crippen molar-refractivity contribution in [3.05, 3.63) is 23.8 Å². The molecule has 3 N–H and O–H groups in total. The lowest BCUT2D eigenvalue weighted by Crippen LogP contribution is -2.48. The number of rotatable bonds is 3. The van der Waals surface area contributed by atoms with Crippen LogP contribution in [0, 0.1) is 5.41 Å². The highest BCUT2D eigenvalue weighted by Gasteiger charge is 2.34. The first-order chi connectivity index (χ1) is 8.02. The number of benzene rings is 1. The van der Waals surface area contributed by atoms with E-state index in [4.69, 9.17) is 4.74 Å². The first-order valence-corrected chi connectivity index (χ1v) is 5.39. The molecule has 0 unspecified atom stereocenters. The molecule has 1 amide bonds. The number of nitrogens with one attached hydrogen (secondary N) is 1. The normalized spacial score (nSPS) is 17.2. The molecule has 0 saturated carbocycles. The Kier molecular flexibility index (Phi) is 2.93. The van der Waals surface area contributed by atoms with Crippen LogP contribution < -0.4 is 5.32 Å². The van der Waals surface area contributed by atoms with E-state index in [1.54, 1.807) is 0 Å². The van der Waals surface area contributed by atoms with E-state index >= 15 is 0 Å². The summed E-state index contributed by atoms with van der Waals surface area (Å²) in [6.45, 7) is 3.68. The van der Waals surface area contributed by atoms with E-state index in [1.807, 2.05) is 6.92 Å². The van der Waals surface area contributed by atoms with E-state index in [-0.39, 0.29) is 22.5 Å². The maximum atomic E-state index is 11.8. The lowest BCUT2D eigenvalue weighted by atomic mass is 9.88. The lowest BCUT2D eigenvalue weighted by molar-refractivity contribution is -0.0978. The smallest absolute Gasteiger partial charge is 0.258 e. The summed E-state index contributed by atoms with van der Waals surface area (Å²) in [5, 5.41) is 21.7. The zero-order valence-corrected chi connectivity index (χ0v) is 9.56. The molecule has 0 spiro atoms. The molecule has 1 fully saturated rings. The average molecular weight is 237 g/mol. The summed E-state index contributed by atoms with van der Waals surface area (Å²) in [5.41, 5.74) is -0.133. The fraction of sp³-hybridized carbons (Fsp3) is 0.417. The molecule has 1 heterocycles. The third kappa shape index (κ3) is 2.34. The van der Waals surface area contributed by atoms with Gasteiger partial charge in [0.15, 0.2) is 0 Å². The molecule has 5 heteroatoms. The van der Waals surface area contributed by atoms with E-state index in [9.17, 15) is 15.0 Å². The monoisotopic (exact) mass is 237 g/mol. The van der Waals surface area contributed by atoms with Gasteiger partial charge in [-0.05, 0) is 12.1 Å². The van der Waals surface area contributed by atoms with Gasteiger partial charge in [0.05, 0.1) is 13.2 Å². The van der Waals surface area contributed by atoms with E-state index in [1.165, 1.54) is 18.2 Å². The Labute approximate surface area is 99.0 Å². The predicted molar refractivity (Wildman–Crippen MR) is 61.0 cm³/mol. The average Bonchev–Trinajstić information content (AvgIpc) is 2.23. The molecule has 0 radical (unpaired) electrons. The van der Waals surface area contributed by atoms with Gasteiger partial charge in [0.2, 0.25) is 0 Å². The maximum Gasteiger partial charge on any atom is 0.258 e. The molecular formula is C12H15NO4. The third-order valence-electron chi connectivity index (χ3n) is 2.82. The zero-order chi connectivity index (χ0) is 12.5. The first kappa shape index (κ1) is 11.7. The van der Waals surface area contributed by atoms with E-state index in [0.29, 0.717) is 19.8 Å². The fourth-order valence-electron chi connectivity index (χ4n) is 1.70. The van der Waals surface area contributed by atoms with Crippen molar-refractivity contribution in [2.45, 2.75) is 6.92 Å². The SMILES string of the molecule is CC1(CNC(=O)c2c(O)cccc2O)COC1. The summed E-state index contributed by atoms with van der Waals surface area (Å²) < 4.78 is 5.07. The van der Waals surface area contributed by atoms with Gasteiger partial charge in [-0.1, -0.05) is 13.0 Å². The van der Waals surface area contributed by atoms with Crippen molar-refractivity contribution < 1.29 is 19.7 Å². The first-order valence-electron chi connectivity index (χ1n) is 5.39. The third-order valence-corrected chi connectivity index (χ3v) is 2.82. The number of hydrogen-bond acceptors (Lipinski definition) is 4. The van der Waals surface area contributed by atoms with Gasteiger partial charge < -0.3 is 20.3 Å². The predicted octanol–water partition coefficient (Wildman–Crippen LogP) is 0.864. The number of phenols is 2. The van der Waals surface area contributed by atoms with Crippen molar-refractivity contribution in [1.29, 1.82) is 0 Å². The van der Waals surface area contributed by atoms with Crippen molar-refractivity contribution in [1.82, 2.24) is 5.32 Å². The van der Waals surface area contributed by atoms with E-state index in [0.717, 1.165) is 0 Å². The largest absolute Gasteiger partial charge is 0.507 e. The molecule has 0 atom stereocenters. The van der Waals surface area contributed by atoms with Gasteiger partial charge in [-0.2, -0.15) is 0 Å². The van der Waals surface area contributed by atoms with E-state index in [2.05, 4.69) is 5.32 Å². The number of carbonyl (C=O) groups is 1. The van der Waals surface area contributed by atoms with Crippen LogP contribution in [0.25, 0.3) is 0 Å². The van der Waals surface area contributed by atoms with Gasteiger partial charge in [-0.15, -0.1) is 0 Å². The zero-order valence-electron chi connectivity index (χ0n) is 9.56. The molecular weight excluding hydrogens is 222 g/mol. The van der Waals surface area contributed by atoms with Gasteiger partial charge in [-0.3, -0.25) is 4.79 Å². The Balaban J connectivity index is 2.04. The van der Waals surface area contributed by atoms with Gasteiger partial charge in [0.1, 0.15) is 17.1 Å². The van der Waals surface area contributed by atoms with Crippen LogP contribution in [-0.2, 0) is 4.74 Å². The summed E-state index contributed by atoms with van der Waals surface area (Å²) >= 11 is 0. The molecule has 1 aliphatic heterocycles. The minimum absolute atomic E-state index is 0.0460. The topological polar surface area (TPSA) is 78.8 Å². The fourth-order valence-corrected chi connectivity index (χ4v) is 1.70. The van der Waals surface area contributed by atoms with Gasteiger partial charge in [0.25, 0.3) is 5.91 Å². The number of hydrogen-bond donors (Lipinski definition) is 3. The summed E-state index contributed by atoms with van der Waals surface area (Å²) in [4.78, 5) is 11.8. The molecule has 17 heavy (non-hydrogen) atoms. The second-order valence-corrected chi connectivity index (χ2v) is 4.66. The van der Waals surface area contributed by atoms with Crippen LogP contribution in [0.4, 0.5) is 0 Å². The minimum Gasteiger partial charge on any atom is -0.507 e. The highest BCUT2D eigenvalue weighted by molar-refractivity contribution is 5.99. The molecule has 92 valence electrons. The molecule has 0 bridgehead atoms. The van der Waals surface area contributed by atoms with Crippen LogP contribution in [0.3, 0.4) is 0 Å². The lowest BCUT2D eigenvalue weighted by Gasteiger charge is -2.38. The molecule has 5 nitrogen and oxygen atoms in total. The van der Waals surface area contributed by atoms with Crippen LogP contribution in [0.2, 0.25) is 0 Å². The van der Waals surface area contributed by atoms with E-state index < -0.39 is 5.91 Å². The summed E-state index contributed by atoms with van der Waals surface area (Å²) in [6, 6.07) is 4.20. The van der Waals surface area contributed by atoms with Gasteiger partial charge in [-0.25, -0.2) is 0 Å². The number of ether oxygens (including phenoxy) is 1. The quantitative estimate of drug-likeness (QED) is 0.728. The van der Waals surface area contributed by atoms with Crippen molar-refractivity contribution in [2.24, 2.45) is 5.41 Å². The Morgan fingerprint density at radius 2 is 2.00 bits per heavy atom. The maximum absolute atomic E-state index is 11.8. The van der Waals surface area contributed by atoms with Crippen LogP contribution in [-0.4, -0.2) is 35.9 Å². The molecule has 0 aliphatic carbocycles. The van der Waals surface area contributed by atoms with Crippen molar-refractivity contribution >= 4 is 5.91 Å². The Morgan fingerprint density at radius 1 is 1.41 bits per heavy atom. The number of carbonyl (C=O) groups excluding carboxylic acids is 1. The van der Waals surface area contributed by atoms with Crippen molar-refractivity contribution in [3.63, 3.8) is 0 Å². The van der Waals surface area contributed by atoms with Crippen LogP contribution in [0.1, 0.15) is 17.3 Å². The Bertz CT molecular complexity index is 420. The highest BCUT2D eigenvalue weighted by Crippen LogP contribution is 2.28. The Hall–Kier alpha value is -1.75. The second kappa shape index (κ2) is 4.25. The van der Waals surface area contributed by atoms with Gasteiger partial charge >= 0.3 is 0 Å². The van der Waals surface area contributed by atoms with Crippen molar-refractivity contribution in [3.8, 4) is 11.5 Å². The minimum atomic E-state index is -0.478. The number of phenolic OH excluding ortho intramolecular Hbond substituents is 2. The van der Waals surface area contributed by atoms with Crippen LogP contribution in [0.5, 0.6) is 11.5 Å². The molecule has 0 aromatic heterocycles. The number of amides is 1. The highest BCUT2D eigenvalue weighted by atomic mass is 16.5. The number of aromatic hydroxyl groups is 2. The van der Waals surface area contributed by atoms with Gasteiger partial charge in [0, 0.05) is 12.0 Å². The molecule has 1 aromatic carbocycles. The molecule has 1 aromatic rings. The standard InChI is InChI=1S/C12H15NO4/c1-12(6-17-7-12)5-13-11(16)10-8(14)3-2-4-9(10)15/h2-4,14-15H,5-7H2,1H3,(H,13,16). The summed E-state index contributed by atoms with van der Waals surface area (Å²) in [6.07, 6.45) is 0. The molecule has 2 rings (SSSR count). The second-order valence-electron chi connectivity index (χ2n) is 4.66. The summed E-state index contributed by atoms with van der Waals surface area (Å²) in [7, 11) is 0. The van der Waals surface area contributed by atoms with Crippen LogP contribution >= 0.6 is 0 Å². The van der Waals surface area contributed by atoms with Crippen molar-refractivity contribution in [2.75, 3.05) is 19.8 Å².